The normalized spacial score (nSPS) is 11.6. The van der Waals surface area contributed by atoms with Crippen LogP contribution in [0.15, 0.2) is 96.0 Å². The largest absolute Gasteiger partial charge is 0.618 e. The van der Waals surface area contributed by atoms with Gasteiger partial charge in [0.05, 0.1) is 11.1 Å². The first-order chi connectivity index (χ1) is 13.3. The molecule has 0 radical (unpaired) electrons. The molecule has 0 aliphatic heterocycles. The van der Waals surface area contributed by atoms with E-state index in [1.807, 2.05) is 66.7 Å². The molecule has 0 atom stereocenters. The highest BCUT2D eigenvalue weighted by molar-refractivity contribution is 7.98. The Morgan fingerprint density at radius 2 is 1.52 bits per heavy atom. The highest BCUT2D eigenvalue weighted by atomic mass is 32.2. The number of benzene rings is 3. The van der Waals surface area contributed by atoms with Gasteiger partial charge in [0.15, 0.2) is 6.21 Å². The molecule has 0 aliphatic carbocycles. The Hall–Kier alpha value is -3.11. The summed E-state index contributed by atoms with van der Waals surface area (Å²) in [5.74, 6) is 0.803. The van der Waals surface area contributed by atoms with Crippen molar-refractivity contribution in [2.24, 2.45) is 0 Å². The van der Waals surface area contributed by atoms with E-state index in [9.17, 15) is 5.21 Å². The van der Waals surface area contributed by atoms with Gasteiger partial charge >= 0.3 is 0 Å². The van der Waals surface area contributed by atoms with Gasteiger partial charge in [0, 0.05) is 23.3 Å². The number of fused-ring (bicyclic) bond motifs is 1. The molecule has 0 N–H and O–H groups in total. The minimum absolute atomic E-state index is 0.602. The van der Waals surface area contributed by atoms with Crippen LogP contribution in [0.2, 0.25) is 0 Å². The van der Waals surface area contributed by atoms with Gasteiger partial charge in [-0.2, -0.15) is 4.74 Å². The molecule has 0 unspecified atom stereocenters. The molecular formula is C23H18N2OS. The Morgan fingerprint density at radius 3 is 2.30 bits per heavy atom. The van der Waals surface area contributed by atoms with Gasteiger partial charge in [-0.05, 0) is 17.7 Å². The number of aromatic nitrogens is 1. The number of thioether (sulfide) groups is 1. The van der Waals surface area contributed by atoms with E-state index < -0.39 is 0 Å². The summed E-state index contributed by atoms with van der Waals surface area (Å²) in [6.45, 7) is 0. The smallest absolute Gasteiger partial charge is 0.216 e. The van der Waals surface area contributed by atoms with Crippen molar-refractivity contribution >= 4 is 34.6 Å². The first-order valence-electron chi connectivity index (χ1n) is 8.72. The first-order valence-corrected chi connectivity index (χ1v) is 9.71. The van der Waals surface area contributed by atoms with Gasteiger partial charge in [-0.1, -0.05) is 66.7 Å². The van der Waals surface area contributed by atoms with Crippen LogP contribution in [-0.2, 0) is 5.75 Å². The second-order valence-corrected chi connectivity index (χ2v) is 7.10. The van der Waals surface area contributed by atoms with Crippen molar-refractivity contribution in [3.05, 3.63) is 107 Å². The quantitative estimate of drug-likeness (QED) is 0.147. The SMILES string of the molecule is [O-]/[N+](=C\c1cc2ccccc2nc1SCc1ccccc1)c1ccccc1. The molecule has 1 heterocycles. The van der Waals surface area contributed by atoms with E-state index in [0.29, 0.717) is 5.69 Å². The molecule has 132 valence electrons. The van der Waals surface area contributed by atoms with Crippen molar-refractivity contribution in [2.45, 2.75) is 10.8 Å². The third kappa shape index (κ3) is 4.18. The second-order valence-electron chi connectivity index (χ2n) is 6.14. The van der Waals surface area contributed by atoms with Crippen molar-refractivity contribution in [1.82, 2.24) is 4.98 Å². The highest BCUT2D eigenvalue weighted by Gasteiger charge is 2.11. The number of para-hydroxylation sites is 2. The van der Waals surface area contributed by atoms with E-state index in [-0.39, 0.29) is 0 Å². The number of pyridine rings is 1. The first kappa shape index (κ1) is 17.3. The third-order valence-corrected chi connectivity index (χ3v) is 5.28. The van der Waals surface area contributed by atoms with E-state index in [1.165, 1.54) is 5.56 Å². The predicted octanol–water partition coefficient (Wildman–Crippen LogP) is 5.79. The lowest BCUT2D eigenvalue weighted by atomic mass is 10.2. The summed E-state index contributed by atoms with van der Waals surface area (Å²) in [6.07, 6.45) is 1.61. The molecule has 0 bridgehead atoms. The molecule has 0 saturated carbocycles. The lowest BCUT2D eigenvalue weighted by Crippen LogP contribution is -2.02. The fourth-order valence-electron chi connectivity index (χ4n) is 2.82. The molecular weight excluding hydrogens is 352 g/mol. The van der Waals surface area contributed by atoms with Crippen molar-refractivity contribution < 1.29 is 4.74 Å². The maximum Gasteiger partial charge on any atom is 0.216 e. The van der Waals surface area contributed by atoms with E-state index in [0.717, 1.165) is 32.0 Å². The average molecular weight is 370 g/mol. The van der Waals surface area contributed by atoms with Crippen LogP contribution in [0.4, 0.5) is 5.69 Å². The van der Waals surface area contributed by atoms with Crippen LogP contribution in [0.25, 0.3) is 10.9 Å². The minimum Gasteiger partial charge on any atom is -0.618 e. The molecule has 4 heteroatoms. The van der Waals surface area contributed by atoms with E-state index >= 15 is 0 Å². The van der Waals surface area contributed by atoms with Crippen molar-refractivity contribution in [3.63, 3.8) is 0 Å². The summed E-state index contributed by atoms with van der Waals surface area (Å²) in [4.78, 5) is 4.80. The Kier molecular flexibility index (Phi) is 5.17. The number of nitrogens with zero attached hydrogens (tertiary/aromatic N) is 2. The van der Waals surface area contributed by atoms with E-state index in [4.69, 9.17) is 4.98 Å². The molecule has 4 aromatic rings. The summed E-state index contributed by atoms with van der Waals surface area (Å²) in [7, 11) is 0. The standard InChI is InChI=1S/C23H18N2OS/c26-25(21-12-5-2-6-13-21)16-20-15-19-11-7-8-14-22(19)24-23(20)27-17-18-9-3-1-4-10-18/h1-16H,17H2/b25-16-. The molecule has 27 heavy (non-hydrogen) atoms. The van der Waals surface area contributed by atoms with Crippen molar-refractivity contribution in [2.75, 3.05) is 0 Å². The topological polar surface area (TPSA) is 39.0 Å². The van der Waals surface area contributed by atoms with Gasteiger partial charge in [-0.3, -0.25) is 0 Å². The van der Waals surface area contributed by atoms with Crippen LogP contribution >= 0.6 is 11.8 Å². The zero-order valence-corrected chi connectivity index (χ0v) is 15.5. The Labute approximate surface area is 162 Å². The lowest BCUT2D eigenvalue weighted by molar-refractivity contribution is -0.354. The predicted molar refractivity (Wildman–Crippen MR) is 113 cm³/mol. The molecule has 0 spiro atoms. The molecule has 0 amide bonds. The fourth-order valence-corrected chi connectivity index (χ4v) is 3.76. The Bertz CT molecular complexity index is 1080. The molecule has 3 aromatic carbocycles. The van der Waals surface area contributed by atoms with E-state index in [2.05, 4.69) is 12.1 Å². The maximum atomic E-state index is 12.6. The van der Waals surface area contributed by atoms with E-state index in [1.54, 1.807) is 30.1 Å². The zero-order chi connectivity index (χ0) is 18.5. The number of hydrogen-bond donors (Lipinski definition) is 0. The second kappa shape index (κ2) is 8.06. The lowest BCUT2D eigenvalue weighted by Gasteiger charge is -2.08. The summed E-state index contributed by atoms with van der Waals surface area (Å²) >= 11 is 1.64. The number of rotatable bonds is 5. The van der Waals surface area contributed by atoms with Crippen LogP contribution in [0.5, 0.6) is 0 Å². The van der Waals surface area contributed by atoms with Gasteiger partial charge in [0.1, 0.15) is 5.03 Å². The van der Waals surface area contributed by atoms with Gasteiger partial charge in [0.25, 0.3) is 0 Å². The molecule has 0 aliphatic rings. The summed E-state index contributed by atoms with van der Waals surface area (Å²) in [6, 6.07) is 29.5. The van der Waals surface area contributed by atoms with Crippen LogP contribution < -0.4 is 0 Å². The minimum atomic E-state index is 0.602. The van der Waals surface area contributed by atoms with Crippen LogP contribution in [0, 0.1) is 5.21 Å². The molecule has 3 nitrogen and oxygen atoms in total. The third-order valence-electron chi connectivity index (χ3n) is 4.20. The molecule has 0 saturated heterocycles. The highest BCUT2D eigenvalue weighted by Crippen LogP contribution is 2.27. The van der Waals surface area contributed by atoms with Gasteiger partial charge < -0.3 is 5.21 Å². The molecule has 1 aromatic heterocycles. The van der Waals surface area contributed by atoms with Crippen LogP contribution in [0.3, 0.4) is 0 Å². The molecule has 4 rings (SSSR count). The van der Waals surface area contributed by atoms with Crippen molar-refractivity contribution in [3.8, 4) is 0 Å². The number of hydrogen-bond acceptors (Lipinski definition) is 3. The zero-order valence-electron chi connectivity index (χ0n) is 14.7. The Balaban J connectivity index is 1.73. The Morgan fingerprint density at radius 1 is 0.852 bits per heavy atom. The maximum absolute atomic E-state index is 12.6. The van der Waals surface area contributed by atoms with Crippen LogP contribution in [0.1, 0.15) is 11.1 Å². The molecule has 0 fully saturated rings. The van der Waals surface area contributed by atoms with Crippen LogP contribution in [-0.4, -0.2) is 15.9 Å². The van der Waals surface area contributed by atoms with Gasteiger partial charge in [0.2, 0.25) is 5.69 Å². The summed E-state index contributed by atoms with van der Waals surface area (Å²) in [5.41, 5.74) is 3.59. The average Bonchev–Trinajstić information content (AvgIpc) is 2.73. The summed E-state index contributed by atoms with van der Waals surface area (Å²) in [5, 5.41) is 14.5. The van der Waals surface area contributed by atoms with Gasteiger partial charge in [-0.25, -0.2) is 4.98 Å². The monoisotopic (exact) mass is 370 g/mol. The van der Waals surface area contributed by atoms with Gasteiger partial charge in [-0.15, -0.1) is 11.8 Å². The van der Waals surface area contributed by atoms with Crippen molar-refractivity contribution in [1.29, 1.82) is 0 Å². The summed E-state index contributed by atoms with van der Waals surface area (Å²) < 4.78 is 0.901. The fraction of sp³-hybridized carbons (Fsp3) is 0.0435.